The third kappa shape index (κ3) is 2.18. The summed E-state index contributed by atoms with van der Waals surface area (Å²) in [5.74, 6) is 0.550. The zero-order valence-corrected chi connectivity index (χ0v) is 7.80. The van der Waals surface area contributed by atoms with Gasteiger partial charge in [0.1, 0.15) is 6.10 Å². The van der Waals surface area contributed by atoms with Gasteiger partial charge < -0.3 is 4.74 Å². The minimum Gasteiger partial charge on any atom is -0.370 e. The number of ether oxygens (including phenoxy) is 1. The van der Waals surface area contributed by atoms with Crippen molar-refractivity contribution in [1.29, 1.82) is 0 Å². The second-order valence-electron chi connectivity index (χ2n) is 3.36. The maximum absolute atomic E-state index is 11.5. The Labute approximate surface area is 73.6 Å². The van der Waals surface area contributed by atoms with Gasteiger partial charge in [0.05, 0.1) is 0 Å². The van der Waals surface area contributed by atoms with E-state index in [1.165, 1.54) is 0 Å². The van der Waals surface area contributed by atoms with Gasteiger partial charge in [0.2, 0.25) is 0 Å². The van der Waals surface area contributed by atoms with Crippen LogP contribution in [0.2, 0.25) is 0 Å². The molecule has 0 radical (unpaired) electrons. The molecule has 1 aliphatic rings. The van der Waals surface area contributed by atoms with Crippen molar-refractivity contribution in [2.75, 3.05) is 6.61 Å². The van der Waals surface area contributed by atoms with E-state index in [1.807, 2.05) is 6.92 Å². The van der Waals surface area contributed by atoms with Crippen molar-refractivity contribution in [1.82, 2.24) is 0 Å². The molecule has 1 aliphatic carbocycles. The maximum Gasteiger partial charge on any atom is 0.186 e. The molecule has 0 bridgehead atoms. The fourth-order valence-electron chi connectivity index (χ4n) is 1.25. The van der Waals surface area contributed by atoms with Gasteiger partial charge in [0.25, 0.3) is 0 Å². The summed E-state index contributed by atoms with van der Waals surface area (Å²) in [6.45, 7) is 7.91. The van der Waals surface area contributed by atoms with Gasteiger partial charge in [-0.15, -0.1) is 0 Å². The van der Waals surface area contributed by atoms with Crippen LogP contribution in [0.15, 0.2) is 12.2 Å². The van der Waals surface area contributed by atoms with E-state index >= 15 is 0 Å². The Bertz CT molecular complexity index is 192. The molecule has 1 fully saturated rings. The smallest absolute Gasteiger partial charge is 0.186 e. The van der Waals surface area contributed by atoms with Crippen LogP contribution in [-0.2, 0) is 9.53 Å². The fourth-order valence-corrected chi connectivity index (χ4v) is 1.25. The Kier molecular flexibility index (Phi) is 3.04. The third-order valence-corrected chi connectivity index (χ3v) is 2.08. The van der Waals surface area contributed by atoms with Crippen molar-refractivity contribution >= 4 is 5.78 Å². The summed E-state index contributed by atoms with van der Waals surface area (Å²) in [5, 5.41) is 0. The molecular formula is C10H16O2. The Morgan fingerprint density at radius 2 is 2.25 bits per heavy atom. The van der Waals surface area contributed by atoms with Crippen LogP contribution >= 0.6 is 0 Å². The molecule has 2 heteroatoms. The molecule has 0 aromatic rings. The highest BCUT2D eigenvalue weighted by atomic mass is 16.5. The van der Waals surface area contributed by atoms with Crippen molar-refractivity contribution in [3.05, 3.63) is 12.2 Å². The minimum absolute atomic E-state index is 0.0827. The van der Waals surface area contributed by atoms with Gasteiger partial charge in [-0.3, -0.25) is 4.79 Å². The molecule has 0 heterocycles. The van der Waals surface area contributed by atoms with Crippen LogP contribution in [0.3, 0.4) is 0 Å². The highest BCUT2D eigenvalue weighted by Crippen LogP contribution is 2.35. The summed E-state index contributed by atoms with van der Waals surface area (Å²) in [5.41, 5.74) is 0.611. The predicted octanol–water partition coefficient (Wildman–Crippen LogP) is 1.95. The molecule has 12 heavy (non-hydrogen) atoms. The minimum atomic E-state index is -0.201. The first-order valence-corrected chi connectivity index (χ1v) is 4.48. The van der Waals surface area contributed by atoms with Crippen LogP contribution in [0, 0.1) is 5.92 Å². The molecule has 0 aliphatic heterocycles. The lowest BCUT2D eigenvalue weighted by atomic mass is 10.1. The summed E-state index contributed by atoms with van der Waals surface area (Å²) in [4.78, 5) is 11.5. The van der Waals surface area contributed by atoms with Crippen LogP contribution in [0.1, 0.15) is 26.7 Å². The molecule has 2 nitrogen and oxygen atoms in total. The number of hydrogen-bond acceptors (Lipinski definition) is 2. The van der Waals surface area contributed by atoms with Crippen molar-refractivity contribution < 1.29 is 9.53 Å². The Balaban J connectivity index is 2.51. The number of rotatable bonds is 5. The highest BCUT2D eigenvalue weighted by molar-refractivity contribution is 5.98. The number of carbonyl (C=O) groups is 1. The summed E-state index contributed by atoms with van der Waals surface area (Å²) in [7, 11) is 0. The molecule has 0 spiro atoms. The first-order valence-electron chi connectivity index (χ1n) is 4.48. The van der Waals surface area contributed by atoms with Gasteiger partial charge in [-0.25, -0.2) is 0 Å². The normalized spacial score (nSPS) is 18.8. The topological polar surface area (TPSA) is 26.3 Å². The van der Waals surface area contributed by atoms with Crippen LogP contribution in [0.4, 0.5) is 0 Å². The van der Waals surface area contributed by atoms with Crippen LogP contribution in [-0.4, -0.2) is 18.5 Å². The number of hydrogen-bond donors (Lipinski definition) is 0. The average Bonchev–Trinajstić information content (AvgIpc) is 2.81. The van der Waals surface area contributed by atoms with Crippen molar-refractivity contribution in [3.8, 4) is 0 Å². The zero-order chi connectivity index (χ0) is 9.14. The molecule has 0 N–H and O–H groups in total. The van der Waals surface area contributed by atoms with E-state index in [1.54, 1.807) is 6.92 Å². The lowest BCUT2D eigenvalue weighted by molar-refractivity contribution is -0.127. The second-order valence-corrected chi connectivity index (χ2v) is 3.36. The van der Waals surface area contributed by atoms with E-state index in [2.05, 4.69) is 6.58 Å². The summed E-state index contributed by atoms with van der Waals surface area (Å²) in [6, 6.07) is 0. The van der Waals surface area contributed by atoms with E-state index in [4.69, 9.17) is 4.74 Å². The number of ketones is 1. The van der Waals surface area contributed by atoms with Gasteiger partial charge in [0, 0.05) is 6.61 Å². The van der Waals surface area contributed by atoms with Crippen molar-refractivity contribution in [2.45, 2.75) is 32.8 Å². The predicted molar refractivity (Wildman–Crippen MR) is 48.0 cm³/mol. The van der Waals surface area contributed by atoms with Gasteiger partial charge in [-0.05, 0) is 38.2 Å². The van der Waals surface area contributed by atoms with Gasteiger partial charge in [-0.2, -0.15) is 0 Å². The van der Waals surface area contributed by atoms with E-state index in [9.17, 15) is 4.79 Å². The monoisotopic (exact) mass is 168 g/mol. The summed E-state index contributed by atoms with van der Waals surface area (Å²) in [6.07, 6.45) is 2.06. The summed E-state index contributed by atoms with van der Waals surface area (Å²) < 4.78 is 5.38. The van der Waals surface area contributed by atoms with E-state index in [0.29, 0.717) is 18.1 Å². The van der Waals surface area contributed by atoms with E-state index < -0.39 is 0 Å². The standard InChI is InChI=1S/C10H16O2/c1-4-12-10(8-5-6-8)9(11)7(2)3/h8,10H,2,4-6H2,1,3H3. The summed E-state index contributed by atoms with van der Waals surface area (Å²) >= 11 is 0. The first-order chi connectivity index (χ1) is 5.66. The molecule has 0 amide bonds. The second kappa shape index (κ2) is 3.85. The van der Waals surface area contributed by atoms with E-state index in [-0.39, 0.29) is 11.9 Å². The Morgan fingerprint density at radius 1 is 1.67 bits per heavy atom. The molecule has 0 aromatic carbocycles. The first kappa shape index (κ1) is 9.46. The maximum atomic E-state index is 11.5. The molecule has 1 atom stereocenters. The largest absolute Gasteiger partial charge is 0.370 e. The van der Waals surface area contributed by atoms with Crippen molar-refractivity contribution in [2.24, 2.45) is 5.92 Å². The van der Waals surface area contributed by atoms with Crippen LogP contribution in [0.25, 0.3) is 0 Å². The molecule has 0 aromatic heterocycles. The average molecular weight is 168 g/mol. The molecule has 1 rings (SSSR count). The fraction of sp³-hybridized carbons (Fsp3) is 0.700. The van der Waals surface area contributed by atoms with Gasteiger partial charge >= 0.3 is 0 Å². The molecule has 0 saturated heterocycles. The third-order valence-electron chi connectivity index (χ3n) is 2.08. The van der Waals surface area contributed by atoms with Crippen LogP contribution in [0.5, 0.6) is 0 Å². The van der Waals surface area contributed by atoms with E-state index in [0.717, 1.165) is 12.8 Å². The van der Waals surface area contributed by atoms with Gasteiger partial charge in [0.15, 0.2) is 5.78 Å². The van der Waals surface area contributed by atoms with Gasteiger partial charge in [-0.1, -0.05) is 6.58 Å². The molecule has 1 unspecified atom stereocenters. The molecular weight excluding hydrogens is 152 g/mol. The quantitative estimate of drug-likeness (QED) is 0.586. The lowest BCUT2D eigenvalue weighted by Gasteiger charge is -2.14. The van der Waals surface area contributed by atoms with Crippen LogP contribution < -0.4 is 0 Å². The molecule has 68 valence electrons. The Hall–Kier alpha value is -0.630. The number of Topliss-reactive ketones (excluding diaryl/α,β-unsaturated/α-hetero) is 1. The lowest BCUT2D eigenvalue weighted by Crippen LogP contribution is -2.26. The molecule has 1 saturated carbocycles. The zero-order valence-electron chi connectivity index (χ0n) is 7.80. The SMILES string of the molecule is C=C(C)C(=O)C(OCC)C1CC1. The highest BCUT2D eigenvalue weighted by Gasteiger charge is 2.36. The number of carbonyl (C=O) groups excluding carboxylic acids is 1. The van der Waals surface area contributed by atoms with Crippen molar-refractivity contribution in [3.63, 3.8) is 0 Å². The Morgan fingerprint density at radius 3 is 2.58 bits per heavy atom.